The van der Waals surface area contributed by atoms with E-state index in [9.17, 15) is 0 Å². The summed E-state index contributed by atoms with van der Waals surface area (Å²) in [5.41, 5.74) is 5.61. The molecule has 0 aliphatic carbocycles. The van der Waals surface area contributed by atoms with Crippen LogP contribution in [0.5, 0.6) is 0 Å². The molecule has 7 heteroatoms. The highest BCUT2D eigenvalue weighted by atomic mass is 15.4. The minimum atomic E-state index is -0.0620. The van der Waals surface area contributed by atoms with Crippen LogP contribution in [-0.4, -0.2) is 31.5 Å². The van der Waals surface area contributed by atoms with Gasteiger partial charge in [-0.15, -0.1) is 0 Å². The second-order valence-electron chi connectivity index (χ2n) is 2.69. The number of nitrogens with one attached hydrogen (secondary N) is 1. The molecule has 0 saturated heterocycles. The average molecular weight is 203 g/mol. The highest BCUT2D eigenvalue weighted by Crippen LogP contribution is 1.88. The number of nitrogens with zero attached hydrogens (tertiary/aromatic N) is 5. The second-order valence-corrected chi connectivity index (χ2v) is 2.69. The van der Waals surface area contributed by atoms with Crippen LogP contribution in [0.15, 0.2) is 41.9 Å². The molecule has 2 aromatic rings. The molecule has 2 aromatic heterocycles. The molecule has 0 spiro atoms. The first-order valence-electron chi connectivity index (χ1n) is 4.20. The summed E-state index contributed by atoms with van der Waals surface area (Å²) in [6.45, 7) is 0. The van der Waals surface area contributed by atoms with Crippen molar-refractivity contribution in [2.24, 2.45) is 10.7 Å². The van der Waals surface area contributed by atoms with Gasteiger partial charge in [0, 0.05) is 24.8 Å². The second kappa shape index (κ2) is 3.74. The van der Waals surface area contributed by atoms with E-state index < -0.39 is 0 Å². The van der Waals surface area contributed by atoms with Crippen molar-refractivity contribution in [1.82, 2.24) is 19.6 Å². The molecular weight excluding hydrogens is 194 g/mol. The number of hydrogen-bond acceptors (Lipinski definition) is 3. The van der Waals surface area contributed by atoms with Crippen LogP contribution in [0, 0.1) is 5.41 Å². The summed E-state index contributed by atoms with van der Waals surface area (Å²) < 4.78 is 2.68. The molecule has 0 radical (unpaired) electrons. The van der Waals surface area contributed by atoms with Gasteiger partial charge in [-0.05, 0) is 12.1 Å². The summed E-state index contributed by atoms with van der Waals surface area (Å²) in [5.74, 6) is 0.0634. The number of aliphatic imine (C=N–C) groups is 1. The summed E-state index contributed by atoms with van der Waals surface area (Å²) in [4.78, 5) is 3.84. The summed E-state index contributed by atoms with van der Waals surface area (Å²) in [7, 11) is 0. The molecule has 0 aromatic carbocycles. The normalized spacial score (nSPS) is 11.6. The third-order valence-electron chi connectivity index (χ3n) is 1.68. The molecule has 0 unspecified atom stereocenters. The van der Waals surface area contributed by atoms with Crippen LogP contribution in [0.25, 0.3) is 0 Å². The van der Waals surface area contributed by atoms with Crippen molar-refractivity contribution in [3.8, 4) is 0 Å². The Balaban J connectivity index is 2.21. The third kappa shape index (κ3) is 1.90. The molecule has 76 valence electrons. The fraction of sp³-hybridized carbons (Fsp3) is 0. The van der Waals surface area contributed by atoms with Crippen LogP contribution in [0.3, 0.4) is 0 Å². The van der Waals surface area contributed by atoms with Gasteiger partial charge in [0.1, 0.15) is 0 Å². The lowest BCUT2D eigenvalue weighted by Crippen LogP contribution is -2.25. The zero-order valence-electron chi connectivity index (χ0n) is 7.78. The molecular formula is C8H9N7. The smallest absolute Gasteiger partial charge is 0.246 e. The summed E-state index contributed by atoms with van der Waals surface area (Å²) >= 11 is 0. The molecule has 0 aliphatic heterocycles. The van der Waals surface area contributed by atoms with E-state index in [1.165, 1.54) is 9.36 Å². The Bertz CT molecular complexity index is 465. The summed E-state index contributed by atoms with van der Waals surface area (Å²) in [6.07, 6.45) is 6.41. The Kier molecular flexibility index (Phi) is 2.28. The fourth-order valence-corrected chi connectivity index (χ4v) is 1.01. The summed E-state index contributed by atoms with van der Waals surface area (Å²) in [5, 5.41) is 15.3. The number of aromatic nitrogens is 4. The van der Waals surface area contributed by atoms with Crippen LogP contribution in [0.2, 0.25) is 0 Å². The van der Waals surface area contributed by atoms with E-state index in [4.69, 9.17) is 11.1 Å². The third-order valence-corrected chi connectivity index (χ3v) is 1.68. The van der Waals surface area contributed by atoms with Gasteiger partial charge in [0.25, 0.3) is 0 Å². The first-order chi connectivity index (χ1) is 7.27. The zero-order valence-corrected chi connectivity index (χ0v) is 7.78. The van der Waals surface area contributed by atoms with E-state index >= 15 is 0 Å². The van der Waals surface area contributed by atoms with Gasteiger partial charge < -0.3 is 5.73 Å². The topological polar surface area (TPSA) is 97.9 Å². The van der Waals surface area contributed by atoms with Crippen molar-refractivity contribution in [1.29, 1.82) is 5.41 Å². The Labute approximate surface area is 85.4 Å². The van der Waals surface area contributed by atoms with E-state index in [1.54, 1.807) is 36.9 Å². The molecule has 0 amide bonds. The van der Waals surface area contributed by atoms with Gasteiger partial charge in [-0.1, -0.05) is 0 Å². The maximum absolute atomic E-state index is 7.57. The molecule has 0 atom stereocenters. The van der Waals surface area contributed by atoms with Crippen LogP contribution in [0.1, 0.15) is 0 Å². The first kappa shape index (κ1) is 9.13. The number of nitrogens with two attached hydrogens (primary N) is 1. The monoisotopic (exact) mass is 203 g/mol. The minimum absolute atomic E-state index is 0.0620. The molecule has 7 nitrogen and oxygen atoms in total. The molecule has 0 saturated carbocycles. The Hall–Kier alpha value is -2.44. The molecule has 15 heavy (non-hydrogen) atoms. The molecule has 2 rings (SSSR count). The number of rotatable bonds is 0. The van der Waals surface area contributed by atoms with Crippen molar-refractivity contribution in [3.05, 3.63) is 36.9 Å². The van der Waals surface area contributed by atoms with Crippen molar-refractivity contribution in [2.75, 3.05) is 0 Å². The van der Waals surface area contributed by atoms with Gasteiger partial charge in [-0.3, -0.25) is 5.41 Å². The standard InChI is InChI=1S/C8H9N7/c9-7(14-5-1-3-11-14)13-8(10)15-6-2-4-12-15/h1-6H,(H3,9,10,13). The lowest BCUT2D eigenvalue weighted by molar-refractivity contribution is 0.891. The SMILES string of the molecule is N=C(/N=C(\N)n1cccn1)n1cccn1. The lowest BCUT2D eigenvalue weighted by atomic mass is 10.7. The van der Waals surface area contributed by atoms with E-state index in [0.29, 0.717) is 0 Å². The predicted octanol–water partition coefficient (Wildman–Crippen LogP) is -0.275. The van der Waals surface area contributed by atoms with Crippen molar-refractivity contribution >= 4 is 11.9 Å². The highest BCUT2D eigenvalue weighted by Gasteiger charge is 2.00. The first-order valence-corrected chi connectivity index (χ1v) is 4.20. The van der Waals surface area contributed by atoms with E-state index in [0.717, 1.165) is 0 Å². The minimum Gasteiger partial charge on any atom is -0.368 e. The van der Waals surface area contributed by atoms with Crippen LogP contribution >= 0.6 is 0 Å². The van der Waals surface area contributed by atoms with E-state index in [2.05, 4.69) is 15.2 Å². The van der Waals surface area contributed by atoms with Crippen LogP contribution < -0.4 is 5.73 Å². The van der Waals surface area contributed by atoms with Crippen LogP contribution in [-0.2, 0) is 0 Å². The maximum Gasteiger partial charge on any atom is 0.246 e. The van der Waals surface area contributed by atoms with Crippen molar-refractivity contribution < 1.29 is 0 Å². The van der Waals surface area contributed by atoms with Crippen LogP contribution in [0.4, 0.5) is 0 Å². The molecule has 0 fully saturated rings. The Morgan fingerprint density at radius 3 is 2.27 bits per heavy atom. The molecule has 0 aliphatic rings. The lowest BCUT2D eigenvalue weighted by Gasteiger charge is -2.00. The number of hydrogen-bond donors (Lipinski definition) is 2. The van der Waals surface area contributed by atoms with Gasteiger partial charge >= 0.3 is 0 Å². The van der Waals surface area contributed by atoms with Crippen molar-refractivity contribution in [3.63, 3.8) is 0 Å². The predicted molar refractivity (Wildman–Crippen MR) is 54.6 cm³/mol. The highest BCUT2D eigenvalue weighted by molar-refractivity contribution is 5.93. The largest absolute Gasteiger partial charge is 0.368 e. The fourth-order valence-electron chi connectivity index (χ4n) is 1.01. The zero-order chi connectivity index (χ0) is 10.7. The van der Waals surface area contributed by atoms with Gasteiger partial charge in [0.2, 0.25) is 11.9 Å². The summed E-state index contributed by atoms with van der Waals surface area (Å²) in [6, 6.07) is 3.42. The average Bonchev–Trinajstić information content (AvgIpc) is 2.91. The molecule has 3 N–H and O–H groups in total. The van der Waals surface area contributed by atoms with Gasteiger partial charge in [-0.25, -0.2) is 9.36 Å². The van der Waals surface area contributed by atoms with Gasteiger partial charge in [0.15, 0.2) is 0 Å². The van der Waals surface area contributed by atoms with E-state index in [-0.39, 0.29) is 11.9 Å². The quantitative estimate of drug-likeness (QED) is 0.455. The van der Waals surface area contributed by atoms with Crippen molar-refractivity contribution in [2.45, 2.75) is 0 Å². The van der Waals surface area contributed by atoms with E-state index in [1.807, 2.05) is 0 Å². The van der Waals surface area contributed by atoms with Gasteiger partial charge in [0.05, 0.1) is 0 Å². The van der Waals surface area contributed by atoms with Gasteiger partial charge in [-0.2, -0.15) is 15.2 Å². The maximum atomic E-state index is 7.57. The Morgan fingerprint density at radius 2 is 1.73 bits per heavy atom. The molecule has 2 heterocycles. The Morgan fingerprint density at radius 1 is 1.13 bits per heavy atom. The molecule has 0 bridgehead atoms.